The minimum atomic E-state index is -4.53. The van der Waals surface area contributed by atoms with Crippen LogP contribution < -0.4 is 19.7 Å². The largest absolute Gasteiger partial charge is 0.497 e. The molecule has 0 spiro atoms. The standard InChI is InChI=1S/C22H19ClF3N3O4S/c1-32-15-6-3-13(4-7-15)9-17-20(31)29(14-5-8-16(23)18(10-14)33-2)21(28-17)34-11-19(30)27-12-22(24,25)26/h3-10H,11-12H2,1-2H3,(H,27,30)/b17-9+. The van der Waals surface area contributed by atoms with Gasteiger partial charge in [0, 0.05) is 6.07 Å². The number of anilines is 1. The average Bonchev–Trinajstić information content (AvgIpc) is 3.11. The summed E-state index contributed by atoms with van der Waals surface area (Å²) in [6, 6.07) is 11.5. The number of carbonyl (C=O) groups excluding carboxylic acids is 2. The van der Waals surface area contributed by atoms with Gasteiger partial charge >= 0.3 is 6.18 Å². The summed E-state index contributed by atoms with van der Waals surface area (Å²) in [7, 11) is 2.95. The van der Waals surface area contributed by atoms with Crippen molar-refractivity contribution in [3.05, 3.63) is 58.7 Å². The number of carbonyl (C=O) groups is 2. The maximum absolute atomic E-state index is 13.2. The molecule has 0 bridgehead atoms. The Hall–Kier alpha value is -3.18. The second-order valence-corrected chi connectivity index (χ2v) is 8.19. The van der Waals surface area contributed by atoms with Crippen LogP contribution in [0.1, 0.15) is 5.56 Å². The third-order valence-electron chi connectivity index (χ3n) is 4.46. The Morgan fingerprint density at radius 1 is 1.18 bits per heavy atom. The molecule has 0 fully saturated rings. The fourth-order valence-electron chi connectivity index (χ4n) is 2.85. The molecule has 1 N–H and O–H groups in total. The highest BCUT2D eigenvalue weighted by Gasteiger charge is 2.33. The van der Waals surface area contributed by atoms with Crippen molar-refractivity contribution in [3.8, 4) is 11.5 Å². The van der Waals surface area contributed by atoms with Crippen molar-refractivity contribution in [3.63, 3.8) is 0 Å². The Bertz CT molecular complexity index is 1140. The van der Waals surface area contributed by atoms with E-state index in [4.69, 9.17) is 21.1 Å². The summed E-state index contributed by atoms with van der Waals surface area (Å²) in [4.78, 5) is 30.7. The van der Waals surface area contributed by atoms with Gasteiger partial charge in [0.2, 0.25) is 5.91 Å². The van der Waals surface area contributed by atoms with Gasteiger partial charge in [-0.15, -0.1) is 0 Å². The first-order valence-corrected chi connectivity index (χ1v) is 11.1. The molecule has 0 atom stereocenters. The molecular weight excluding hydrogens is 495 g/mol. The number of amides is 2. The Morgan fingerprint density at radius 3 is 2.50 bits per heavy atom. The first-order valence-electron chi connectivity index (χ1n) is 9.70. The molecule has 1 heterocycles. The van der Waals surface area contributed by atoms with Crippen molar-refractivity contribution >= 4 is 52.1 Å². The zero-order valence-corrected chi connectivity index (χ0v) is 19.6. The monoisotopic (exact) mass is 513 g/mol. The molecule has 0 aromatic heterocycles. The van der Waals surface area contributed by atoms with E-state index in [2.05, 4.69) is 4.99 Å². The number of ether oxygens (including phenoxy) is 2. The van der Waals surface area contributed by atoms with Crippen LogP contribution in [0.4, 0.5) is 18.9 Å². The lowest BCUT2D eigenvalue weighted by Crippen LogP contribution is -2.36. The third kappa shape index (κ3) is 6.45. The van der Waals surface area contributed by atoms with Gasteiger partial charge in [-0.2, -0.15) is 13.2 Å². The molecule has 2 amide bonds. The zero-order chi connectivity index (χ0) is 24.9. The van der Waals surface area contributed by atoms with Crippen LogP contribution in [0.5, 0.6) is 11.5 Å². The number of hydrogen-bond donors (Lipinski definition) is 1. The van der Waals surface area contributed by atoms with E-state index in [0.717, 1.165) is 11.8 Å². The summed E-state index contributed by atoms with van der Waals surface area (Å²) < 4.78 is 47.4. The number of thioether (sulfide) groups is 1. The SMILES string of the molecule is COc1ccc(/C=C2/N=C(SCC(=O)NCC(F)(F)F)N(c3ccc(Cl)c(OC)c3)C2=O)cc1. The lowest BCUT2D eigenvalue weighted by atomic mass is 10.2. The molecule has 1 aliphatic heterocycles. The molecule has 2 aromatic rings. The summed E-state index contributed by atoms with van der Waals surface area (Å²) in [6.45, 7) is -1.45. The molecule has 2 aromatic carbocycles. The highest BCUT2D eigenvalue weighted by Crippen LogP contribution is 2.34. The Balaban J connectivity index is 1.89. The summed E-state index contributed by atoms with van der Waals surface area (Å²) in [5, 5.41) is 2.24. The molecule has 0 aliphatic carbocycles. The quantitative estimate of drug-likeness (QED) is 0.551. The molecule has 34 heavy (non-hydrogen) atoms. The van der Waals surface area contributed by atoms with Gasteiger partial charge in [0.05, 0.1) is 30.7 Å². The van der Waals surface area contributed by atoms with Gasteiger partial charge in [-0.3, -0.25) is 14.5 Å². The minimum Gasteiger partial charge on any atom is -0.497 e. The second-order valence-electron chi connectivity index (χ2n) is 6.84. The van der Waals surface area contributed by atoms with E-state index in [1.54, 1.807) is 41.7 Å². The molecular formula is C22H19ClF3N3O4S. The number of benzene rings is 2. The number of hydrogen-bond acceptors (Lipinski definition) is 6. The first-order chi connectivity index (χ1) is 16.1. The number of alkyl halides is 3. The van der Waals surface area contributed by atoms with Crippen LogP contribution in [0.2, 0.25) is 5.02 Å². The van der Waals surface area contributed by atoms with E-state index in [0.29, 0.717) is 27.8 Å². The zero-order valence-electron chi connectivity index (χ0n) is 18.0. The third-order valence-corrected chi connectivity index (χ3v) is 5.71. The van der Waals surface area contributed by atoms with Crippen LogP contribution in [-0.2, 0) is 9.59 Å². The fourth-order valence-corrected chi connectivity index (χ4v) is 3.88. The van der Waals surface area contributed by atoms with Crippen molar-refractivity contribution < 1.29 is 32.2 Å². The summed E-state index contributed by atoms with van der Waals surface area (Å²) in [6.07, 6.45) is -2.97. The molecule has 3 rings (SSSR count). The lowest BCUT2D eigenvalue weighted by Gasteiger charge is -2.19. The maximum atomic E-state index is 13.2. The van der Waals surface area contributed by atoms with E-state index in [1.165, 1.54) is 31.3 Å². The van der Waals surface area contributed by atoms with Gasteiger partial charge in [0.15, 0.2) is 5.17 Å². The molecule has 7 nitrogen and oxygen atoms in total. The maximum Gasteiger partial charge on any atom is 0.405 e. The van der Waals surface area contributed by atoms with Crippen molar-refractivity contribution in [1.29, 1.82) is 0 Å². The van der Waals surface area contributed by atoms with Crippen molar-refractivity contribution in [2.45, 2.75) is 6.18 Å². The van der Waals surface area contributed by atoms with Gasteiger partial charge in [-0.25, -0.2) is 4.99 Å². The Kier molecular flexibility index (Phi) is 8.11. The van der Waals surface area contributed by atoms with Crippen molar-refractivity contribution in [2.75, 3.05) is 31.4 Å². The Morgan fingerprint density at radius 2 is 1.88 bits per heavy atom. The number of nitrogens with one attached hydrogen (secondary N) is 1. The van der Waals surface area contributed by atoms with Gasteiger partial charge in [0.1, 0.15) is 23.7 Å². The van der Waals surface area contributed by atoms with Gasteiger partial charge < -0.3 is 14.8 Å². The van der Waals surface area contributed by atoms with Gasteiger partial charge in [-0.05, 0) is 35.9 Å². The number of amidine groups is 1. The smallest absolute Gasteiger partial charge is 0.405 e. The number of halogens is 4. The van der Waals surface area contributed by atoms with Crippen molar-refractivity contribution in [1.82, 2.24) is 5.32 Å². The molecule has 180 valence electrons. The van der Waals surface area contributed by atoms with E-state index >= 15 is 0 Å². The van der Waals surface area contributed by atoms with E-state index < -0.39 is 24.5 Å². The van der Waals surface area contributed by atoms with Gasteiger partial charge in [-0.1, -0.05) is 35.5 Å². The normalized spacial score (nSPS) is 14.9. The highest BCUT2D eigenvalue weighted by molar-refractivity contribution is 8.14. The van der Waals surface area contributed by atoms with Crippen LogP contribution in [0.3, 0.4) is 0 Å². The highest BCUT2D eigenvalue weighted by atomic mass is 35.5. The average molecular weight is 514 g/mol. The minimum absolute atomic E-state index is 0.0808. The molecule has 12 heteroatoms. The number of aliphatic imine (C=N–C) groups is 1. The molecule has 0 radical (unpaired) electrons. The predicted molar refractivity (Wildman–Crippen MR) is 125 cm³/mol. The summed E-state index contributed by atoms with van der Waals surface area (Å²) in [5.74, 6) is -0.762. The number of methoxy groups -OCH3 is 2. The lowest BCUT2D eigenvalue weighted by molar-refractivity contribution is -0.136. The first kappa shape index (κ1) is 25.4. The topological polar surface area (TPSA) is 80.2 Å². The number of rotatable bonds is 7. The predicted octanol–water partition coefficient (Wildman–Crippen LogP) is 4.51. The molecule has 0 saturated carbocycles. The summed E-state index contributed by atoms with van der Waals surface area (Å²) in [5.41, 5.74) is 1.12. The van der Waals surface area contributed by atoms with E-state index in [1.807, 2.05) is 0 Å². The fraction of sp³-hybridized carbons (Fsp3) is 0.227. The van der Waals surface area contributed by atoms with E-state index in [-0.39, 0.29) is 16.6 Å². The second kappa shape index (κ2) is 10.8. The molecule has 1 aliphatic rings. The molecule has 0 unspecified atom stereocenters. The Labute approximate surface area is 202 Å². The van der Waals surface area contributed by atoms with Crippen molar-refractivity contribution in [2.24, 2.45) is 4.99 Å². The van der Waals surface area contributed by atoms with Crippen LogP contribution >= 0.6 is 23.4 Å². The van der Waals surface area contributed by atoms with Gasteiger partial charge in [0.25, 0.3) is 5.91 Å². The van der Waals surface area contributed by atoms with Crippen LogP contribution in [-0.4, -0.2) is 49.7 Å². The van der Waals surface area contributed by atoms with E-state index in [9.17, 15) is 22.8 Å². The van der Waals surface area contributed by atoms with Crippen LogP contribution in [0.15, 0.2) is 53.2 Å². The van der Waals surface area contributed by atoms with Crippen LogP contribution in [0, 0.1) is 0 Å². The number of nitrogens with zero attached hydrogens (tertiary/aromatic N) is 2. The summed E-state index contributed by atoms with van der Waals surface area (Å²) >= 11 is 6.91. The molecule has 0 saturated heterocycles. The van der Waals surface area contributed by atoms with Crippen LogP contribution in [0.25, 0.3) is 6.08 Å².